The molecule has 0 radical (unpaired) electrons. The Balaban J connectivity index is 0.00000288. The Morgan fingerprint density at radius 1 is 1.38 bits per heavy atom. The average Bonchev–Trinajstić information content (AvgIpc) is 2.65. The molecule has 136 valence electrons. The van der Waals surface area contributed by atoms with Crippen LogP contribution < -0.4 is 5.32 Å². The number of carboxylic acids is 1. The number of rotatable bonds is 5. The van der Waals surface area contributed by atoms with Crippen molar-refractivity contribution in [2.75, 3.05) is 13.1 Å². The Bertz CT molecular complexity index is 507. The van der Waals surface area contributed by atoms with Crippen molar-refractivity contribution in [1.29, 1.82) is 0 Å². The fourth-order valence-corrected chi connectivity index (χ4v) is 3.13. The number of carbonyl (C=O) groups is 1. The maximum absolute atomic E-state index is 11.5. The van der Waals surface area contributed by atoms with Gasteiger partial charge < -0.3 is 19.7 Å². The number of hydrogen-bond acceptors (Lipinski definition) is 5. The molecule has 2 saturated heterocycles. The van der Waals surface area contributed by atoms with E-state index in [1.807, 2.05) is 27.7 Å². The van der Waals surface area contributed by atoms with E-state index in [9.17, 15) is 9.90 Å². The third kappa shape index (κ3) is 4.15. The predicted molar refractivity (Wildman–Crippen MR) is 93.2 cm³/mol. The van der Waals surface area contributed by atoms with Gasteiger partial charge in [-0.05, 0) is 58.4 Å². The van der Waals surface area contributed by atoms with Crippen LogP contribution in [0.4, 0.5) is 0 Å². The molecule has 0 bridgehead atoms. The van der Waals surface area contributed by atoms with Gasteiger partial charge in [0.2, 0.25) is 0 Å². The van der Waals surface area contributed by atoms with Gasteiger partial charge in [-0.2, -0.15) is 0 Å². The van der Waals surface area contributed by atoms with Crippen molar-refractivity contribution >= 4 is 25.5 Å². The first-order chi connectivity index (χ1) is 10.6. The average molecular weight is 361 g/mol. The molecule has 0 spiro atoms. The molecular formula is C14H26BClN4O4. The van der Waals surface area contributed by atoms with Gasteiger partial charge in [0.25, 0.3) is 0 Å². The van der Waals surface area contributed by atoms with Crippen LogP contribution in [0.25, 0.3) is 10.4 Å². The van der Waals surface area contributed by atoms with Crippen LogP contribution in [0.15, 0.2) is 5.11 Å². The molecule has 0 unspecified atom stereocenters. The van der Waals surface area contributed by atoms with E-state index in [0.29, 0.717) is 19.3 Å². The SMILES string of the molecule is CC1(C)OB(CC[C@H]2CNC[C@@](N=[N+]=[N-])(C(=O)O)C2)OC1(C)C.Cl. The van der Waals surface area contributed by atoms with Crippen molar-refractivity contribution in [1.82, 2.24) is 5.32 Å². The maximum Gasteiger partial charge on any atom is 0.457 e. The van der Waals surface area contributed by atoms with Crippen LogP contribution in [0.1, 0.15) is 40.5 Å². The summed E-state index contributed by atoms with van der Waals surface area (Å²) in [7, 11) is -0.291. The van der Waals surface area contributed by atoms with Crippen molar-refractivity contribution in [3.05, 3.63) is 10.4 Å². The summed E-state index contributed by atoms with van der Waals surface area (Å²) in [4.78, 5) is 14.2. The van der Waals surface area contributed by atoms with Crippen LogP contribution in [-0.4, -0.2) is 48.0 Å². The summed E-state index contributed by atoms with van der Waals surface area (Å²) in [5, 5.41) is 16.0. The van der Waals surface area contributed by atoms with Gasteiger partial charge in [-0.3, -0.25) is 4.79 Å². The van der Waals surface area contributed by atoms with Gasteiger partial charge in [0.15, 0.2) is 5.54 Å². The fourth-order valence-electron chi connectivity index (χ4n) is 3.13. The van der Waals surface area contributed by atoms with E-state index in [4.69, 9.17) is 14.8 Å². The summed E-state index contributed by atoms with van der Waals surface area (Å²) >= 11 is 0. The summed E-state index contributed by atoms with van der Waals surface area (Å²) in [5.74, 6) is -0.979. The van der Waals surface area contributed by atoms with E-state index >= 15 is 0 Å². The van der Waals surface area contributed by atoms with Gasteiger partial charge in [0.05, 0.1) is 11.2 Å². The highest BCUT2D eigenvalue weighted by Gasteiger charge is 2.51. The second-order valence-electron chi connectivity index (χ2n) is 7.49. The summed E-state index contributed by atoms with van der Waals surface area (Å²) in [6, 6.07) is 0. The standard InChI is InChI=1S/C14H25BN4O4.ClH/c1-12(2)13(3,4)23-15(22-12)6-5-10-7-14(11(20)21,18-19-16)9-17-8-10;/h10,17H,5-9H2,1-4H3,(H,20,21);1H/t10-,14-;/m1./s1. The Labute approximate surface area is 148 Å². The number of piperidine rings is 1. The fraction of sp³-hybridized carbons (Fsp3) is 0.929. The molecule has 2 rings (SSSR count). The molecule has 2 N–H and O–H groups in total. The van der Waals surface area contributed by atoms with Gasteiger partial charge in [-0.15, -0.1) is 12.4 Å². The first kappa shape index (κ1) is 21.1. The molecule has 2 fully saturated rings. The molecule has 2 aliphatic rings. The van der Waals surface area contributed by atoms with E-state index in [0.717, 1.165) is 6.42 Å². The van der Waals surface area contributed by atoms with Crippen LogP contribution in [0, 0.1) is 5.92 Å². The molecule has 2 heterocycles. The Morgan fingerprint density at radius 3 is 2.46 bits per heavy atom. The minimum absolute atomic E-state index is 0. The first-order valence-corrected chi connectivity index (χ1v) is 7.98. The zero-order chi connectivity index (χ0) is 17.3. The zero-order valence-electron chi connectivity index (χ0n) is 14.6. The lowest BCUT2D eigenvalue weighted by Crippen LogP contribution is -2.53. The molecule has 0 aromatic heterocycles. The highest BCUT2D eigenvalue weighted by atomic mass is 35.5. The van der Waals surface area contributed by atoms with Crippen LogP contribution in [0.2, 0.25) is 6.32 Å². The quantitative estimate of drug-likeness (QED) is 0.338. The monoisotopic (exact) mass is 360 g/mol. The smallest absolute Gasteiger partial charge is 0.457 e. The number of nitrogens with one attached hydrogen (secondary N) is 1. The number of azide groups is 1. The molecule has 0 aliphatic carbocycles. The van der Waals surface area contributed by atoms with E-state index in [1.165, 1.54) is 0 Å². The topological polar surface area (TPSA) is 117 Å². The summed E-state index contributed by atoms with van der Waals surface area (Å²) < 4.78 is 11.9. The minimum Gasteiger partial charge on any atom is -0.481 e. The lowest BCUT2D eigenvalue weighted by Gasteiger charge is -2.34. The first-order valence-electron chi connectivity index (χ1n) is 7.98. The summed E-state index contributed by atoms with van der Waals surface area (Å²) in [5.41, 5.74) is 6.54. The molecule has 8 nitrogen and oxygen atoms in total. The Hall–Kier alpha value is -0.985. The molecule has 0 aromatic rings. The van der Waals surface area contributed by atoms with Crippen molar-refractivity contribution < 1.29 is 19.2 Å². The third-order valence-corrected chi connectivity index (χ3v) is 5.22. The lowest BCUT2D eigenvalue weighted by molar-refractivity contribution is -0.144. The summed E-state index contributed by atoms with van der Waals surface area (Å²) in [6.45, 7) is 8.89. The van der Waals surface area contributed by atoms with Gasteiger partial charge in [-0.25, -0.2) is 0 Å². The number of hydrogen-bond donors (Lipinski definition) is 2. The van der Waals surface area contributed by atoms with Crippen molar-refractivity contribution in [2.45, 2.75) is 63.6 Å². The number of halogens is 1. The van der Waals surface area contributed by atoms with Gasteiger partial charge >= 0.3 is 13.1 Å². The number of nitrogens with zero attached hydrogens (tertiary/aromatic N) is 3. The Kier molecular flexibility index (Phi) is 6.58. The molecule has 0 saturated carbocycles. The second-order valence-corrected chi connectivity index (χ2v) is 7.49. The normalized spacial score (nSPS) is 31.0. The maximum atomic E-state index is 11.5. The summed E-state index contributed by atoms with van der Waals surface area (Å²) in [6.07, 6.45) is 1.77. The minimum atomic E-state index is -1.40. The van der Waals surface area contributed by atoms with Crippen molar-refractivity contribution in [3.63, 3.8) is 0 Å². The zero-order valence-corrected chi connectivity index (χ0v) is 15.4. The van der Waals surface area contributed by atoms with Gasteiger partial charge in [-0.1, -0.05) is 11.5 Å². The van der Waals surface area contributed by atoms with Crippen molar-refractivity contribution in [3.8, 4) is 0 Å². The molecule has 2 aliphatic heterocycles. The number of carboxylic acid groups (broad SMARTS) is 1. The largest absolute Gasteiger partial charge is 0.481 e. The van der Waals surface area contributed by atoms with E-state index in [1.54, 1.807) is 0 Å². The Morgan fingerprint density at radius 2 is 1.96 bits per heavy atom. The van der Waals surface area contributed by atoms with Crippen LogP contribution in [-0.2, 0) is 14.1 Å². The molecule has 24 heavy (non-hydrogen) atoms. The van der Waals surface area contributed by atoms with Crippen LogP contribution >= 0.6 is 12.4 Å². The molecule has 2 atom stereocenters. The van der Waals surface area contributed by atoms with Crippen LogP contribution in [0.3, 0.4) is 0 Å². The predicted octanol–water partition coefficient (Wildman–Crippen LogP) is 2.63. The van der Waals surface area contributed by atoms with Gasteiger partial charge in [0.1, 0.15) is 0 Å². The number of aliphatic carboxylic acids is 1. The molecule has 10 heteroatoms. The van der Waals surface area contributed by atoms with E-state index in [-0.39, 0.29) is 43.2 Å². The van der Waals surface area contributed by atoms with E-state index in [2.05, 4.69) is 15.3 Å². The van der Waals surface area contributed by atoms with Crippen LogP contribution in [0.5, 0.6) is 0 Å². The molecule has 0 aromatic carbocycles. The highest BCUT2D eigenvalue weighted by molar-refractivity contribution is 6.45. The second kappa shape index (κ2) is 7.50. The van der Waals surface area contributed by atoms with E-state index < -0.39 is 11.5 Å². The molecular weight excluding hydrogens is 334 g/mol. The lowest BCUT2D eigenvalue weighted by atomic mass is 9.75. The molecule has 0 amide bonds. The third-order valence-electron chi connectivity index (χ3n) is 5.22. The van der Waals surface area contributed by atoms with Gasteiger partial charge in [0, 0.05) is 11.5 Å². The van der Waals surface area contributed by atoms with Crippen molar-refractivity contribution in [2.24, 2.45) is 11.0 Å². The highest BCUT2D eigenvalue weighted by Crippen LogP contribution is 2.39.